The first-order valence-corrected chi connectivity index (χ1v) is 7.01. The molecule has 0 fully saturated rings. The second kappa shape index (κ2) is 4.55. The summed E-state index contributed by atoms with van der Waals surface area (Å²) in [5.74, 6) is 1.14. The predicted molar refractivity (Wildman–Crippen MR) is 75.4 cm³/mol. The third-order valence-corrected chi connectivity index (χ3v) is 3.62. The van der Waals surface area contributed by atoms with E-state index in [1.54, 1.807) is 0 Å². The monoisotopic (exact) mass is 283 g/mol. The average molecular weight is 283 g/mol. The van der Waals surface area contributed by atoms with Crippen molar-refractivity contribution in [2.24, 2.45) is 0 Å². The van der Waals surface area contributed by atoms with Gasteiger partial charge in [0.1, 0.15) is 4.88 Å². The molecule has 0 aromatic carbocycles. The molecule has 0 aliphatic heterocycles. The molecule has 98 valence electrons. The lowest BCUT2D eigenvalue weighted by Crippen LogP contribution is -2.23. The fourth-order valence-electron chi connectivity index (χ4n) is 1.80. The molecule has 2 heterocycles. The van der Waals surface area contributed by atoms with Crippen LogP contribution in [-0.2, 0) is 5.54 Å². The zero-order valence-electron chi connectivity index (χ0n) is 11.2. The molecule has 2 aromatic rings. The normalized spacial score (nSPS) is 12.3. The first-order valence-electron chi connectivity index (χ1n) is 5.83. The average Bonchev–Trinajstić information content (AvgIpc) is 2.80. The zero-order chi connectivity index (χ0) is 13.5. The van der Waals surface area contributed by atoms with Crippen molar-refractivity contribution in [1.82, 2.24) is 24.4 Å². The Hall–Kier alpha value is -1.08. The van der Waals surface area contributed by atoms with Crippen LogP contribution in [0, 0.1) is 4.77 Å². The van der Waals surface area contributed by atoms with Gasteiger partial charge >= 0.3 is 0 Å². The predicted octanol–water partition coefficient (Wildman–Crippen LogP) is 3.34. The van der Waals surface area contributed by atoms with Gasteiger partial charge in [-0.05, 0) is 50.4 Å². The topological polar surface area (TPSA) is 59.4 Å². The number of hydrogen-bond acceptors (Lipinski definition) is 5. The highest BCUT2D eigenvalue weighted by Crippen LogP contribution is 2.32. The first-order chi connectivity index (χ1) is 8.32. The minimum Gasteiger partial charge on any atom is -0.294 e. The van der Waals surface area contributed by atoms with E-state index in [1.807, 2.05) is 4.57 Å². The molecule has 0 saturated carbocycles. The van der Waals surface area contributed by atoms with Gasteiger partial charge < -0.3 is 0 Å². The molecule has 5 nitrogen and oxygen atoms in total. The molecule has 2 rings (SSSR count). The van der Waals surface area contributed by atoms with Crippen LogP contribution in [0.3, 0.4) is 0 Å². The van der Waals surface area contributed by atoms with E-state index in [0.29, 0.717) is 10.7 Å². The van der Waals surface area contributed by atoms with Gasteiger partial charge in [-0.3, -0.25) is 9.67 Å². The number of rotatable bonds is 2. The Morgan fingerprint density at radius 3 is 2.56 bits per heavy atom. The standard InChI is InChI=1S/C11H17N5S2/c1-6(2)7-8(18-15-12-7)9-13-14-10(17)16(9)11(3,4)5/h6H,1-5H3,(H,14,17). The summed E-state index contributed by atoms with van der Waals surface area (Å²) in [5.41, 5.74) is 0.844. The van der Waals surface area contributed by atoms with Crippen molar-refractivity contribution in [3.05, 3.63) is 10.5 Å². The van der Waals surface area contributed by atoms with E-state index in [0.717, 1.165) is 16.4 Å². The minimum atomic E-state index is -0.127. The van der Waals surface area contributed by atoms with E-state index < -0.39 is 0 Å². The van der Waals surface area contributed by atoms with Crippen molar-refractivity contribution in [2.45, 2.75) is 46.1 Å². The van der Waals surface area contributed by atoms with Crippen LogP contribution in [0.1, 0.15) is 46.2 Å². The smallest absolute Gasteiger partial charge is 0.195 e. The molecule has 0 spiro atoms. The van der Waals surface area contributed by atoms with E-state index in [4.69, 9.17) is 12.2 Å². The maximum absolute atomic E-state index is 5.31. The molecule has 0 aliphatic rings. The van der Waals surface area contributed by atoms with Crippen molar-refractivity contribution in [3.63, 3.8) is 0 Å². The largest absolute Gasteiger partial charge is 0.294 e. The summed E-state index contributed by atoms with van der Waals surface area (Å²) in [6.07, 6.45) is 0. The van der Waals surface area contributed by atoms with Crippen molar-refractivity contribution in [3.8, 4) is 10.7 Å². The lowest BCUT2D eigenvalue weighted by molar-refractivity contribution is 0.395. The summed E-state index contributed by atoms with van der Waals surface area (Å²) in [5, 5.41) is 11.4. The third kappa shape index (κ3) is 2.24. The maximum Gasteiger partial charge on any atom is 0.195 e. The fraction of sp³-hybridized carbons (Fsp3) is 0.636. The minimum absolute atomic E-state index is 0.127. The molecular formula is C11H17N5S2. The van der Waals surface area contributed by atoms with Crippen LogP contribution in [-0.4, -0.2) is 24.4 Å². The van der Waals surface area contributed by atoms with E-state index in [2.05, 4.69) is 54.4 Å². The Kier molecular flexibility index (Phi) is 3.37. The van der Waals surface area contributed by atoms with Crippen LogP contribution >= 0.6 is 23.8 Å². The van der Waals surface area contributed by atoms with Crippen LogP contribution in [0.5, 0.6) is 0 Å². The summed E-state index contributed by atoms with van der Waals surface area (Å²) < 4.78 is 6.69. The highest BCUT2D eigenvalue weighted by Gasteiger charge is 2.24. The van der Waals surface area contributed by atoms with Crippen LogP contribution < -0.4 is 0 Å². The van der Waals surface area contributed by atoms with Gasteiger partial charge in [0.05, 0.1) is 5.69 Å². The van der Waals surface area contributed by atoms with Gasteiger partial charge in [0.15, 0.2) is 10.6 Å². The van der Waals surface area contributed by atoms with E-state index in [1.165, 1.54) is 11.5 Å². The Morgan fingerprint density at radius 2 is 2.00 bits per heavy atom. The Bertz CT molecular complexity index is 599. The van der Waals surface area contributed by atoms with Crippen molar-refractivity contribution in [2.75, 3.05) is 0 Å². The van der Waals surface area contributed by atoms with E-state index in [9.17, 15) is 0 Å². The SMILES string of the molecule is CC(C)c1nnsc1-c1n[nH]c(=S)n1C(C)(C)C. The third-order valence-electron chi connectivity index (χ3n) is 2.61. The highest BCUT2D eigenvalue weighted by atomic mass is 32.1. The Morgan fingerprint density at radius 1 is 1.33 bits per heavy atom. The Balaban J connectivity index is 2.66. The quantitative estimate of drug-likeness (QED) is 0.859. The molecule has 0 unspecified atom stereocenters. The van der Waals surface area contributed by atoms with Crippen molar-refractivity contribution in [1.29, 1.82) is 0 Å². The number of H-pyrrole nitrogens is 1. The lowest BCUT2D eigenvalue weighted by atomic mass is 10.1. The lowest BCUT2D eigenvalue weighted by Gasteiger charge is -2.22. The van der Waals surface area contributed by atoms with Crippen LogP contribution in [0.25, 0.3) is 10.7 Å². The highest BCUT2D eigenvalue weighted by molar-refractivity contribution is 7.71. The second-order valence-electron chi connectivity index (χ2n) is 5.50. The van der Waals surface area contributed by atoms with Crippen molar-refractivity contribution >= 4 is 23.8 Å². The van der Waals surface area contributed by atoms with Crippen LogP contribution in [0.2, 0.25) is 0 Å². The van der Waals surface area contributed by atoms with Gasteiger partial charge in [-0.15, -0.1) is 5.10 Å². The second-order valence-corrected chi connectivity index (χ2v) is 6.64. The van der Waals surface area contributed by atoms with Gasteiger partial charge in [-0.25, -0.2) is 0 Å². The van der Waals surface area contributed by atoms with Gasteiger partial charge in [0.25, 0.3) is 0 Å². The summed E-state index contributed by atoms with van der Waals surface area (Å²) in [6, 6.07) is 0. The molecule has 1 N–H and O–H groups in total. The number of aromatic amines is 1. The summed E-state index contributed by atoms with van der Waals surface area (Å²) >= 11 is 6.68. The number of hydrogen-bond donors (Lipinski definition) is 1. The molecule has 0 radical (unpaired) electrons. The maximum atomic E-state index is 5.31. The molecule has 7 heteroatoms. The summed E-state index contributed by atoms with van der Waals surface area (Å²) in [6.45, 7) is 10.5. The molecule has 2 aromatic heterocycles. The Labute approximate surface area is 115 Å². The van der Waals surface area contributed by atoms with Gasteiger partial charge in [0, 0.05) is 5.54 Å². The number of nitrogens with one attached hydrogen (secondary N) is 1. The zero-order valence-corrected chi connectivity index (χ0v) is 12.8. The van der Waals surface area contributed by atoms with Gasteiger partial charge in [-0.2, -0.15) is 5.10 Å². The molecule has 18 heavy (non-hydrogen) atoms. The van der Waals surface area contributed by atoms with Crippen LogP contribution in [0.15, 0.2) is 0 Å². The van der Waals surface area contributed by atoms with Gasteiger partial charge in [0.2, 0.25) is 0 Å². The number of aromatic nitrogens is 5. The molecule has 0 atom stereocenters. The molecule has 0 aliphatic carbocycles. The fourth-order valence-corrected chi connectivity index (χ4v) is 3.01. The number of nitrogens with zero attached hydrogens (tertiary/aromatic N) is 4. The summed E-state index contributed by atoms with van der Waals surface area (Å²) in [4.78, 5) is 0.993. The molecule has 0 bridgehead atoms. The van der Waals surface area contributed by atoms with Crippen molar-refractivity contribution < 1.29 is 0 Å². The molecule has 0 saturated heterocycles. The molecule has 0 amide bonds. The van der Waals surface area contributed by atoms with Crippen LogP contribution in [0.4, 0.5) is 0 Å². The summed E-state index contributed by atoms with van der Waals surface area (Å²) in [7, 11) is 0. The van der Waals surface area contributed by atoms with E-state index in [-0.39, 0.29) is 5.54 Å². The first kappa shape index (κ1) is 13.4. The van der Waals surface area contributed by atoms with Gasteiger partial charge in [-0.1, -0.05) is 18.3 Å². The molecular weight excluding hydrogens is 266 g/mol. The van der Waals surface area contributed by atoms with E-state index >= 15 is 0 Å².